The first-order valence-corrected chi connectivity index (χ1v) is 12.2. The van der Waals surface area contributed by atoms with Crippen LogP contribution in [0.25, 0.3) is 0 Å². The Morgan fingerprint density at radius 3 is 2.34 bits per heavy atom. The largest absolute Gasteiger partial charge is 0.464 e. The second-order valence-corrected chi connectivity index (χ2v) is 8.93. The van der Waals surface area contributed by atoms with Gasteiger partial charge in [0.1, 0.15) is 6.04 Å². The number of rotatable bonds is 13. The maximum absolute atomic E-state index is 12.8. The maximum atomic E-state index is 12.8. The number of unbranched alkanes of at least 4 members (excludes halogenated alkanes) is 9. The summed E-state index contributed by atoms with van der Waals surface area (Å²) < 4.78 is 6.36. The van der Waals surface area contributed by atoms with Gasteiger partial charge in [-0.15, -0.1) is 0 Å². The van der Waals surface area contributed by atoms with Gasteiger partial charge in [0.2, 0.25) is 0 Å². The van der Waals surface area contributed by atoms with E-state index in [1.54, 1.807) is 17.0 Å². The molecular formula is C24H36BrNO3. The van der Waals surface area contributed by atoms with Gasteiger partial charge >= 0.3 is 5.97 Å². The molecule has 4 nitrogen and oxygen atoms in total. The number of carbonyl (C=O) groups excluding carboxylic acids is 2. The predicted octanol–water partition coefficient (Wildman–Crippen LogP) is 6.52. The predicted molar refractivity (Wildman–Crippen MR) is 121 cm³/mol. The summed E-state index contributed by atoms with van der Waals surface area (Å²) in [5.41, 5.74) is 0.605. The highest BCUT2D eigenvalue weighted by molar-refractivity contribution is 9.10. The smallest absolute Gasteiger partial charge is 0.328 e. The Hall–Kier alpha value is -1.36. The molecular weight excluding hydrogens is 430 g/mol. The third kappa shape index (κ3) is 8.49. The molecule has 1 aromatic carbocycles. The fraction of sp³-hybridized carbons (Fsp3) is 0.667. The number of halogens is 1. The number of amides is 1. The van der Waals surface area contributed by atoms with E-state index in [1.165, 1.54) is 51.4 Å². The molecule has 2 rings (SSSR count). The number of hydrogen-bond donors (Lipinski definition) is 0. The molecule has 29 heavy (non-hydrogen) atoms. The zero-order valence-electron chi connectivity index (χ0n) is 17.8. The van der Waals surface area contributed by atoms with Crippen molar-refractivity contribution >= 4 is 27.8 Å². The summed E-state index contributed by atoms with van der Waals surface area (Å²) >= 11 is 3.40. The first-order chi connectivity index (χ1) is 14.1. The summed E-state index contributed by atoms with van der Waals surface area (Å²) in [4.78, 5) is 26.9. The molecule has 1 aliphatic rings. The van der Waals surface area contributed by atoms with Crippen molar-refractivity contribution < 1.29 is 14.3 Å². The van der Waals surface area contributed by atoms with Crippen LogP contribution in [0, 0.1) is 0 Å². The Morgan fingerprint density at radius 1 is 1.03 bits per heavy atom. The molecule has 0 bridgehead atoms. The van der Waals surface area contributed by atoms with Crippen LogP contribution in [-0.2, 0) is 9.53 Å². The SMILES string of the molecule is CCCCCCCCCCCCOC(=O)C1CCCN1C(=O)c1cccc(Br)c1. The van der Waals surface area contributed by atoms with Gasteiger partial charge in [-0.25, -0.2) is 4.79 Å². The van der Waals surface area contributed by atoms with Gasteiger partial charge < -0.3 is 9.64 Å². The van der Waals surface area contributed by atoms with Crippen molar-refractivity contribution in [3.05, 3.63) is 34.3 Å². The number of carbonyl (C=O) groups is 2. The summed E-state index contributed by atoms with van der Waals surface area (Å²) in [6.07, 6.45) is 14.1. The third-order valence-corrected chi connectivity index (χ3v) is 6.09. The monoisotopic (exact) mass is 465 g/mol. The van der Waals surface area contributed by atoms with Gasteiger partial charge in [0.15, 0.2) is 0 Å². The van der Waals surface area contributed by atoms with Gasteiger partial charge in [-0.05, 0) is 37.5 Å². The second-order valence-electron chi connectivity index (χ2n) is 8.02. The molecule has 1 unspecified atom stereocenters. The van der Waals surface area contributed by atoms with Gasteiger partial charge in [0.25, 0.3) is 5.91 Å². The summed E-state index contributed by atoms with van der Waals surface area (Å²) in [6.45, 7) is 3.32. The van der Waals surface area contributed by atoms with E-state index in [4.69, 9.17) is 4.74 Å². The molecule has 0 N–H and O–H groups in total. The van der Waals surface area contributed by atoms with Crippen molar-refractivity contribution in [3.63, 3.8) is 0 Å². The molecule has 5 heteroatoms. The first kappa shape index (κ1) is 23.9. The lowest BCUT2D eigenvalue weighted by Crippen LogP contribution is -2.41. The highest BCUT2D eigenvalue weighted by Crippen LogP contribution is 2.23. The molecule has 0 radical (unpaired) electrons. The van der Waals surface area contributed by atoms with Crippen LogP contribution < -0.4 is 0 Å². The van der Waals surface area contributed by atoms with Crippen molar-refractivity contribution in [3.8, 4) is 0 Å². The Labute approximate surface area is 184 Å². The molecule has 0 saturated carbocycles. The second kappa shape index (κ2) is 13.8. The first-order valence-electron chi connectivity index (χ1n) is 11.4. The average molecular weight is 466 g/mol. The molecule has 1 atom stereocenters. The van der Waals surface area contributed by atoms with E-state index < -0.39 is 6.04 Å². The Bertz CT molecular complexity index is 634. The lowest BCUT2D eigenvalue weighted by atomic mass is 10.1. The van der Waals surface area contributed by atoms with Gasteiger partial charge in [-0.3, -0.25) is 4.79 Å². The topological polar surface area (TPSA) is 46.6 Å². The van der Waals surface area contributed by atoms with Gasteiger partial charge in [0, 0.05) is 16.6 Å². The molecule has 0 aliphatic carbocycles. The summed E-state index contributed by atoms with van der Waals surface area (Å²) in [5, 5.41) is 0. The van der Waals surface area contributed by atoms with Crippen LogP contribution in [0.5, 0.6) is 0 Å². The molecule has 1 fully saturated rings. The van der Waals surface area contributed by atoms with Crippen LogP contribution >= 0.6 is 15.9 Å². The zero-order valence-corrected chi connectivity index (χ0v) is 19.4. The Morgan fingerprint density at radius 2 is 1.69 bits per heavy atom. The van der Waals surface area contributed by atoms with Crippen LogP contribution in [-0.4, -0.2) is 36.0 Å². The molecule has 162 valence electrons. The molecule has 1 heterocycles. The highest BCUT2D eigenvalue weighted by atomic mass is 79.9. The van der Waals surface area contributed by atoms with E-state index >= 15 is 0 Å². The lowest BCUT2D eigenvalue weighted by molar-refractivity contribution is -0.148. The molecule has 0 spiro atoms. The standard InChI is InChI=1S/C24H36BrNO3/c1-2-3-4-5-6-7-8-9-10-11-18-29-24(28)22-16-13-17-26(22)23(27)20-14-12-15-21(25)19-20/h12,14-15,19,22H,2-11,13,16-18H2,1H3. The van der Waals surface area contributed by atoms with Crippen LogP contribution in [0.3, 0.4) is 0 Å². The Kier molecular flexibility index (Phi) is 11.4. The average Bonchev–Trinajstić information content (AvgIpc) is 3.21. The third-order valence-electron chi connectivity index (χ3n) is 5.60. The minimum atomic E-state index is -0.440. The molecule has 1 aliphatic heterocycles. The lowest BCUT2D eigenvalue weighted by Gasteiger charge is -2.23. The van der Waals surface area contributed by atoms with Gasteiger partial charge in [0.05, 0.1) is 6.61 Å². The molecule has 1 aromatic rings. The highest BCUT2D eigenvalue weighted by Gasteiger charge is 2.35. The number of esters is 1. The number of ether oxygens (including phenoxy) is 1. The van der Waals surface area contributed by atoms with Crippen LogP contribution in [0.4, 0.5) is 0 Å². The number of nitrogens with zero attached hydrogens (tertiary/aromatic N) is 1. The zero-order chi connectivity index (χ0) is 20.9. The summed E-state index contributed by atoms with van der Waals surface area (Å²) in [7, 11) is 0. The van der Waals surface area contributed by atoms with Crippen molar-refractivity contribution in [1.82, 2.24) is 4.90 Å². The molecule has 0 aromatic heterocycles. The van der Waals surface area contributed by atoms with E-state index in [-0.39, 0.29) is 11.9 Å². The quantitative estimate of drug-likeness (QED) is 0.246. The van der Waals surface area contributed by atoms with Crippen molar-refractivity contribution in [1.29, 1.82) is 0 Å². The van der Waals surface area contributed by atoms with Gasteiger partial charge in [-0.2, -0.15) is 0 Å². The molecule has 1 amide bonds. The van der Waals surface area contributed by atoms with Crippen molar-refractivity contribution in [2.24, 2.45) is 0 Å². The van der Waals surface area contributed by atoms with Crippen LogP contribution in [0.1, 0.15) is 94.3 Å². The van der Waals surface area contributed by atoms with Crippen molar-refractivity contribution in [2.75, 3.05) is 13.2 Å². The van der Waals surface area contributed by atoms with E-state index in [2.05, 4.69) is 22.9 Å². The van der Waals surface area contributed by atoms with E-state index in [0.717, 1.165) is 23.7 Å². The maximum Gasteiger partial charge on any atom is 0.328 e. The van der Waals surface area contributed by atoms with Crippen LogP contribution in [0.15, 0.2) is 28.7 Å². The number of likely N-dealkylation sites (tertiary alicyclic amines) is 1. The molecule has 1 saturated heterocycles. The number of benzene rings is 1. The van der Waals surface area contributed by atoms with E-state index in [9.17, 15) is 9.59 Å². The minimum absolute atomic E-state index is 0.0929. The minimum Gasteiger partial charge on any atom is -0.464 e. The van der Waals surface area contributed by atoms with E-state index in [0.29, 0.717) is 25.1 Å². The normalized spacial score (nSPS) is 16.2. The van der Waals surface area contributed by atoms with Crippen LogP contribution in [0.2, 0.25) is 0 Å². The fourth-order valence-electron chi connectivity index (χ4n) is 3.90. The van der Waals surface area contributed by atoms with E-state index in [1.807, 2.05) is 12.1 Å². The van der Waals surface area contributed by atoms with Crippen molar-refractivity contribution in [2.45, 2.75) is 90.0 Å². The summed E-state index contributed by atoms with van der Waals surface area (Å²) in [6, 6.07) is 6.87. The van der Waals surface area contributed by atoms with Gasteiger partial charge in [-0.1, -0.05) is 86.7 Å². The Balaban J connectivity index is 1.61. The summed E-state index contributed by atoms with van der Waals surface area (Å²) in [5.74, 6) is -0.341. The number of hydrogen-bond acceptors (Lipinski definition) is 3. The fourth-order valence-corrected chi connectivity index (χ4v) is 4.30.